The fraction of sp³-hybridized carbons (Fsp3) is 1.00. The highest BCUT2D eigenvalue weighted by Crippen LogP contribution is 2.28. The van der Waals surface area contributed by atoms with Gasteiger partial charge in [-0.3, -0.25) is 0 Å². The van der Waals surface area contributed by atoms with E-state index < -0.39 is 74.6 Å². The molecule has 0 radical (unpaired) electrons. The maximum atomic E-state index is 10.00. The molecule has 11 heteroatoms. The molecule has 2 saturated heterocycles. The van der Waals surface area contributed by atoms with Crippen LogP contribution in [0, 0.1) is 0 Å². The first-order chi connectivity index (χ1) is 10.8. The molecular formula is C12H22O11. The van der Waals surface area contributed by atoms with E-state index in [2.05, 4.69) is 0 Å². The molecule has 0 aromatic rings. The molecule has 136 valence electrons. The summed E-state index contributed by atoms with van der Waals surface area (Å²) in [5.41, 5.74) is 0. The SMILES string of the molecule is OC[C@H]1O[C@H](O[C@@H]2[C@H](O)[C@@H](O)O[C@H](CO)[C@H]2O)[C@@H](O)[C@@H](O)[C@@H]1O. The fourth-order valence-electron chi connectivity index (χ4n) is 2.56. The van der Waals surface area contributed by atoms with E-state index in [1.165, 1.54) is 0 Å². The summed E-state index contributed by atoms with van der Waals surface area (Å²) in [6, 6.07) is 0. The molecule has 10 atom stereocenters. The Kier molecular flexibility index (Phi) is 6.27. The maximum absolute atomic E-state index is 10.00. The van der Waals surface area contributed by atoms with Gasteiger partial charge in [-0.05, 0) is 0 Å². The molecule has 8 N–H and O–H groups in total. The second-order valence-corrected chi connectivity index (χ2v) is 5.53. The van der Waals surface area contributed by atoms with Crippen molar-refractivity contribution in [1.82, 2.24) is 0 Å². The molecule has 2 aliphatic rings. The van der Waals surface area contributed by atoms with E-state index in [1.807, 2.05) is 0 Å². The molecule has 2 heterocycles. The van der Waals surface area contributed by atoms with E-state index >= 15 is 0 Å². The Morgan fingerprint density at radius 1 is 0.652 bits per heavy atom. The molecule has 23 heavy (non-hydrogen) atoms. The van der Waals surface area contributed by atoms with Crippen molar-refractivity contribution in [2.24, 2.45) is 0 Å². The molecule has 0 unspecified atom stereocenters. The van der Waals surface area contributed by atoms with Gasteiger partial charge in [0.1, 0.15) is 48.8 Å². The van der Waals surface area contributed by atoms with E-state index in [0.717, 1.165) is 0 Å². The first-order valence-electron chi connectivity index (χ1n) is 7.08. The van der Waals surface area contributed by atoms with Crippen LogP contribution in [0.4, 0.5) is 0 Å². The molecule has 11 nitrogen and oxygen atoms in total. The van der Waals surface area contributed by atoms with Crippen molar-refractivity contribution < 1.29 is 55.1 Å². The molecule has 0 aliphatic carbocycles. The number of aliphatic hydroxyl groups excluding tert-OH is 8. The summed E-state index contributed by atoms with van der Waals surface area (Å²) in [5.74, 6) is 0. The van der Waals surface area contributed by atoms with Gasteiger partial charge in [0.05, 0.1) is 13.2 Å². The first kappa shape index (κ1) is 18.9. The zero-order chi connectivity index (χ0) is 17.3. The van der Waals surface area contributed by atoms with E-state index in [9.17, 15) is 30.6 Å². The highest BCUT2D eigenvalue weighted by atomic mass is 16.7. The largest absolute Gasteiger partial charge is 0.394 e. The van der Waals surface area contributed by atoms with Gasteiger partial charge in [0.25, 0.3) is 0 Å². The number of hydrogen-bond donors (Lipinski definition) is 8. The summed E-state index contributed by atoms with van der Waals surface area (Å²) >= 11 is 0. The third-order valence-corrected chi connectivity index (χ3v) is 3.98. The van der Waals surface area contributed by atoms with Crippen LogP contribution in [-0.2, 0) is 14.2 Å². The summed E-state index contributed by atoms with van der Waals surface area (Å²) in [6.07, 6.45) is -15.7. The number of hydrogen-bond acceptors (Lipinski definition) is 11. The predicted octanol–water partition coefficient (Wildman–Crippen LogP) is -5.40. The maximum Gasteiger partial charge on any atom is 0.187 e. The lowest BCUT2D eigenvalue weighted by Crippen LogP contribution is -2.64. The third kappa shape index (κ3) is 3.65. The monoisotopic (exact) mass is 342 g/mol. The molecule has 2 fully saturated rings. The topological polar surface area (TPSA) is 190 Å². The van der Waals surface area contributed by atoms with Crippen LogP contribution >= 0.6 is 0 Å². The number of ether oxygens (including phenoxy) is 3. The Morgan fingerprint density at radius 2 is 1.22 bits per heavy atom. The van der Waals surface area contributed by atoms with Crippen LogP contribution < -0.4 is 0 Å². The minimum absolute atomic E-state index is 0.667. The minimum Gasteiger partial charge on any atom is -0.394 e. The summed E-state index contributed by atoms with van der Waals surface area (Å²) in [7, 11) is 0. The highest BCUT2D eigenvalue weighted by molar-refractivity contribution is 4.93. The predicted molar refractivity (Wildman–Crippen MR) is 68.6 cm³/mol. The van der Waals surface area contributed by atoms with Crippen molar-refractivity contribution >= 4 is 0 Å². The Bertz CT molecular complexity index is 380. The van der Waals surface area contributed by atoms with E-state index in [-0.39, 0.29) is 0 Å². The zero-order valence-electron chi connectivity index (χ0n) is 12.0. The Hall–Kier alpha value is -0.440. The van der Waals surface area contributed by atoms with E-state index in [4.69, 9.17) is 24.4 Å². The quantitative estimate of drug-likeness (QED) is 0.243. The molecule has 0 amide bonds. The van der Waals surface area contributed by atoms with Gasteiger partial charge >= 0.3 is 0 Å². The molecular weight excluding hydrogens is 320 g/mol. The van der Waals surface area contributed by atoms with Crippen LogP contribution in [0.1, 0.15) is 0 Å². The van der Waals surface area contributed by atoms with Crippen molar-refractivity contribution in [2.75, 3.05) is 13.2 Å². The normalized spacial score (nSPS) is 51.7. The van der Waals surface area contributed by atoms with Crippen LogP contribution in [-0.4, -0.2) is 115 Å². The van der Waals surface area contributed by atoms with Gasteiger partial charge in [-0.15, -0.1) is 0 Å². The van der Waals surface area contributed by atoms with Crippen LogP contribution in [0.25, 0.3) is 0 Å². The lowest BCUT2D eigenvalue weighted by Gasteiger charge is -2.45. The summed E-state index contributed by atoms with van der Waals surface area (Å²) in [4.78, 5) is 0. The van der Waals surface area contributed by atoms with Crippen LogP contribution in [0.15, 0.2) is 0 Å². The molecule has 0 spiro atoms. The smallest absolute Gasteiger partial charge is 0.187 e. The van der Waals surface area contributed by atoms with Gasteiger partial charge in [-0.2, -0.15) is 0 Å². The minimum atomic E-state index is -1.76. The molecule has 0 bridgehead atoms. The third-order valence-electron chi connectivity index (χ3n) is 3.98. The van der Waals surface area contributed by atoms with Crippen LogP contribution in [0.3, 0.4) is 0 Å². The number of rotatable bonds is 4. The molecule has 2 rings (SSSR count). The van der Waals surface area contributed by atoms with Crippen LogP contribution in [0.2, 0.25) is 0 Å². The standard InChI is InChI=1S/C12H22O11/c13-1-3-5(15)7(17)8(18)12(22-3)23-10-6(16)4(2-14)21-11(20)9(10)19/h3-20H,1-2H2/t3-,4-,5-,6-,7+,8+,9+,10+,11+,12-/m1/s1. The van der Waals surface area contributed by atoms with Gasteiger partial charge in [-0.25, -0.2) is 0 Å². The lowest BCUT2D eigenvalue weighted by atomic mass is 9.97. The van der Waals surface area contributed by atoms with Gasteiger partial charge in [0, 0.05) is 0 Å². The van der Waals surface area contributed by atoms with Gasteiger partial charge < -0.3 is 55.1 Å². The molecule has 0 saturated carbocycles. The van der Waals surface area contributed by atoms with E-state index in [0.29, 0.717) is 0 Å². The van der Waals surface area contributed by atoms with E-state index in [1.54, 1.807) is 0 Å². The Morgan fingerprint density at radius 3 is 1.78 bits per heavy atom. The van der Waals surface area contributed by atoms with Crippen molar-refractivity contribution in [1.29, 1.82) is 0 Å². The highest BCUT2D eigenvalue weighted by Gasteiger charge is 2.50. The van der Waals surface area contributed by atoms with Gasteiger partial charge in [0.2, 0.25) is 0 Å². The van der Waals surface area contributed by atoms with Crippen molar-refractivity contribution in [2.45, 2.75) is 61.4 Å². The van der Waals surface area contributed by atoms with Crippen molar-refractivity contribution in [3.05, 3.63) is 0 Å². The summed E-state index contributed by atoms with van der Waals surface area (Å²) < 4.78 is 15.1. The average molecular weight is 342 g/mol. The van der Waals surface area contributed by atoms with Crippen molar-refractivity contribution in [3.8, 4) is 0 Å². The second-order valence-electron chi connectivity index (χ2n) is 5.53. The van der Waals surface area contributed by atoms with Gasteiger partial charge in [0.15, 0.2) is 12.6 Å². The molecule has 0 aromatic carbocycles. The lowest BCUT2D eigenvalue weighted by molar-refractivity contribution is -0.355. The zero-order valence-corrected chi connectivity index (χ0v) is 12.0. The second kappa shape index (κ2) is 7.63. The fourth-order valence-corrected chi connectivity index (χ4v) is 2.56. The summed E-state index contributed by atoms with van der Waals surface area (Å²) in [5, 5.41) is 76.8. The number of aliphatic hydroxyl groups is 8. The Labute approximate surface area is 130 Å². The Balaban J connectivity index is 2.11. The van der Waals surface area contributed by atoms with Crippen LogP contribution in [0.5, 0.6) is 0 Å². The van der Waals surface area contributed by atoms with Crippen molar-refractivity contribution in [3.63, 3.8) is 0 Å². The van der Waals surface area contributed by atoms with Gasteiger partial charge in [-0.1, -0.05) is 0 Å². The molecule has 2 aliphatic heterocycles. The summed E-state index contributed by atoms with van der Waals surface area (Å²) in [6.45, 7) is -1.34. The molecule has 0 aromatic heterocycles. The average Bonchev–Trinajstić information content (AvgIpc) is 2.54. The first-order valence-corrected chi connectivity index (χ1v) is 7.08.